The van der Waals surface area contributed by atoms with Gasteiger partial charge in [-0.2, -0.15) is 0 Å². The quantitative estimate of drug-likeness (QED) is 0.636. The lowest BCUT2D eigenvalue weighted by molar-refractivity contribution is 0.101. The molecule has 28 heavy (non-hydrogen) atoms. The third kappa shape index (κ3) is 4.09. The minimum Gasteiger partial charge on any atom is -0.474 e. The lowest BCUT2D eigenvalue weighted by Gasteiger charge is -2.36. The number of thiazole rings is 1. The second-order valence-corrected chi connectivity index (χ2v) is 8.49. The molecule has 1 aromatic carbocycles. The molecule has 7 heteroatoms. The van der Waals surface area contributed by atoms with E-state index in [-0.39, 0.29) is 18.5 Å². The molecule has 1 aliphatic carbocycles. The molecule has 2 aliphatic rings. The molecule has 1 saturated carbocycles. The van der Waals surface area contributed by atoms with E-state index in [9.17, 15) is 0 Å². The average molecular weight is 417 g/mol. The van der Waals surface area contributed by atoms with Gasteiger partial charge in [-0.15, -0.1) is 12.4 Å². The molecule has 0 spiro atoms. The Morgan fingerprint density at radius 3 is 2.71 bits per heavy atom. The molecule has 0 atom stereocenters. The Morgan fingerprint density at radius 2 is 1.89 bits per heavy atom. The summed E-state index contributed by atoms with van der Waals surface area (Å²) in [5.74, 6) is 1.40. The maximum atomic E-state index is 6.27. The molecule has 5 rings (SSSR count). The van der Waals surface area contributed by atoms with Gasteiger partial charge < -0.3 is 15.4 Å². The Morgan fingerprint density at radius 1 is 1.07 bits per heavy atom. The highest BCUT2D eigenvalue weighted by Gasteiger charge is 2.33. The van der Waals surface area contributed by atoms with Gasteiger partial charge in [-0.3, -0.25) is 0 Å². The van der Waals surface area contributed by atoms with Crippen molar-refractivity contribution in [2.75, 3.05) is 18.4 Å². The van der Waals surface area contributed by atoms with Crippen molar-refractivity contribution in [3.05, 3.63) is 48.2 Å². The molecule has 2 aromatic heterocycles. The topological polar surface area (TPSA) is 59.1 Å². The zero-order valence-electron chi connectivity index (χ0n) is 15.6. The number of nitrogens with zero attached hydrogens (tertiary/aromatic N) is 2. The van der Waals surface area contributed by atoms with Gasteiger partial charge in [0.2, 0.25) is 5.88 Å². The molecular formula is C21H25ClN4OS. The van der Waals surface area contributed by atoms with Crippen LogP contribution in [-0.4, -0.2) is 35.2 Å². The summed E-state index contributed by atoms with van der Waals surface area (Å²) >= 11 is 1.72. The zero-order chi connectivity index (χ0) is 18.1. The van der Waals surface area contributed by atoms with Crippen LogP contribution in [0.25, 0.3) is 10.2 Å². The van der Waals surface area contributed by atoms with Gasteiger partial charge in [0.25, 0.3) is 0 Å². The molecule has 2 fully saturated rings. The first-order chi connectivity index (χ1) is 13.3. The van der Waals surface area contributed by atoms with E-state index in [0.29, 0.717) is 12.0 Å². The number of para-hydroxylation sites is 1. The average Bonchev–Trinajstić information content (AvgIpc) is 3.10. The van der Waals surface area contributed by atoms with E-state index in [4.69, 9.17) is 4.74 Å². The Kier molecular flexibility index (Phi) is 5.99. The standard InChI is InChI=1S/C21H24N4OS.ClH/c1-2-6-19-18(5-1)25-21(27-19)24-15-12-16(13-15)26-20-17(4-3-9-23-20)14-7-10-22-11-8-14;/h1-6,9,14-16,22H,7-8,10-13H2,(H,24,25);1H/t15-,16-;. The van der Waals surface area contributed by atoms with E-state index < -0.39 is 0 Å². The van der Waals surface area contributed by atoms with Crippen LogP contribution in [0.1, 0.15) is 37.2 Å². The van der Waals surface area contributed by atoms with Crippen LogP contribution in [0, 0.1) is 0 Å². The number of aromatic nitrogens is 2. The SMILES string of the molecule is Cl.c1cnc(O[C@H]2C[C@H](Nc3nc4ccccc4s3)C2)c(C2CCNCC2)c1. The molecule has 0 unspecified atom stereocenters. The zero-order valence-corrected chi connectivity index (χ0v) is 17.3. The Balaban J connectivity index is 0.00000192. The molecule has 0 amide bonds. The number of ether oxygens (including phenoxy) is 1. The van der Waals surface area contributed by atoms with Crippen LogP contribution in [0.5, 0.6) is 5.88 Å². The summed E-state index contributed by atoms with van der Waals surface area (Å²) in [5.41, 5.74) is 2.35. The predicted octanol–water partition coefficient (Wildman–Crippen LogP) is 4.60. The monoisotopic (exact) mass is 416 g/mol. The van der Waals surface area contributed by atoms with Crippen LogP contribution in [0.4, 0.5) is 5.13 Å². The number of nitrogens with one attached hydrogen (secondary N) is 2. The first-order valence-corrected chi connectivity index (χ1v) is 10.6. The van der Waals surface area contributed by atoms with Crippen molar-refractivity contribution in [3.8, 4) is 5.88 Å². The molecule has 0 radical (unpaired) electrons. The van der Waals surface area contributed by atoms with Crippen molar-refractivity contribution < 1.29 is 4.74 Å². The third-order valence-electron chi connectivity index (χ3n) is 5.57. The number of hydrogen-bond donors (Lipinski definition) is 2. The number of hydrogen-bond acceptors (Lipinski definition) is 6. The summed E-state index contributed by atoms with van der Waals surface area (Å²) in [6, 6.07) is 12.9. The van der Waals surface area contributed by atoms with Crippen molar-refractivity contribution in [2.24, 2.45) is 0 Å². The molecule has 1 saturated heterocycles. The number of anilines is 1. The van der Waals surface area contributed by atoms with Gasteiger partial charge in [-0.05, 0) is 50.0 Å². The summed E-state index contributed by atoms with van der Waals surface area (Å²) in [7, 11) is 0. The first-order valence-electron chi connectivity index (χ1n) is 9.79. The Hall–Kier alpha value is -1.89. The Bertz CT molecular complexity index is 888. The number of rotatable bonds is 5. The van der Waals surface area contributed by atoms with Crippen molar-refractivity contribution >= 4 is 39.1 Å². The van der Waals surface area contributed by atoms with E-state index in [2.05, 4.69) is 44.9 Å². The molecule has 0 bridgehead atoms. The summed E-state index contributed by atoms with van der Waals surface area (Å²) in [5, 5.41) is 8.00. The number of fused-ring (bicyclic) bond motifs is 1. The summed E-state index contributed by atoms with van der Waals surface area (Å²) in [6.07, 6.45) is 6.40. The van der Waals surface area contributed by atoms with Crippen molar-refractivity contribution in [1.82, 2.24) is 15.3 Å². The minimum atomic E-state index is 0. The molecule has 2 N–H and O–H groups in total. The van der Waals surface area contributed by atoms with Crippen LogP contribution in [0.15, 0.2) is 42.6 Å². The highest BCUT2D eigenvalue weighted by molar-refractivity contribution is 7.22. The minimum absolute atomic E-state index is 0. The largest absolute Gasteiger partial charge is 0.474 e. The van der Waals surface area contributed by atoms with Crippen LogP contribution in [0.3, 0.4) is 0 Å². The van der Waals surface area contributed by atoms with E-state index in [1.54, 1.807) is 11.3 Å². The summed E-state index contributed by atoms with van der Waals surface area (Å²) in [4.78, 5) is 9.21. The highest BCUT2D eigenvalue weighted by atomic mass is 35.5. The number of pyridine rings is 1. The molecule has 3 heterocycles. The van der Waals surface area contributed by atoms with Gasteiger partial charge in [0.15, 0.2) is 5.13 Å². The third-order valence-corrected chi connectivity index (χ3v) is 6.54. The second kappa shape index (κ2) is 8.64. The van der Waals surface area contributed by atoms with Crippen molar-refractivity contribution in [2.45, 2.75) is 43.7 Å². The molecule has 3 aromatic rings. The maximum Gasteiger partial charge on any atom is 0.217 e. The van der Waals surface area contributed by atoms with Gasteiger partial charge in [0.1, 0.15) is 6.10 Å². The lowest BCUT2D eigenvalue weighted by Crippen LogP contribution is -2.42. The van der Waals surface area contributed by atoms with E-state index in [0.717, 1.165) is 55.3 Å². The fourth-order valence-electron chi connectivity index (χ4n) is 3.99. The van der Waals surface area contributed by atoms with E-state index in [1.165, 1.54) is 10.3 Å². The lowest BCUT2D eigenvalue weighted by atomic mass is 9.88. The van der Waals surface area contributed by atoms with Gasteiger partial charge in [0.05, 0.1) is 10.2 Å². The fraction of sp³-hybridized carbons (Fsp3) is 0.429. The normalized spacial score (nSPS) is 22.3. The number of piperidine rings is 1. The molecular weight excluding hydrogens is 392 g/mol. The van der Waals surface area contributed by atoms with Crippen molar-refractivity contribution in [3.63, 3.8) is 0 Å². The van der Waals surface area contributed by atoms with Gasteiger partial charge in [0, 0.05) is 30.6 Å². The van der Waals surface area contributed by atoms with Gasteiger partial charge in [-0.1, -0.05) is 29.5 Å². The number of benzene rings is 1. The van der Waals surface area contributed by atoms with E-state index >= 15 is 0 Å². The molecule has 148 valence electrons. The van der Waals surface area contributed by atoms with Crippen LogP contribution in [-0.2, 0) is 0 Å². The highest BCUT2D eigenvalue weighted by Crippen LogP contribution is 2.35. The number of halogens is 1. The van der Waals surface area contributed by atoms with E-state index in [1.807, 2.05) is 18.3 Å². The smallest absolute Gasteiger partial charge is 0.217 e. The molecule has 1 aliphatic heterocycles. The fourth-order valence-corrected chi connectivity index (χ4v) is 4.93. The van der Waals surface area contributed by atoms with Crippen LogP contribution < -0.4 is 15.4 Å². The summed E-state index contributed by atoms with van der Waals surface area (Å²) < 4.78 is 7.50. The Labute approximate surface area is 175 Å². The maximum absolute atomic E-state index is 6.27. The van der Waals surface area contributed by atoms with Gasteiger partial charge >= 0.3 is 0 Å². The van der Waals surface area contributed by atoms with Gasteiger partial charge in [-0.25, -0.2) is 9.97 Å². The van der Waals surface area contributed by atoms with Crippen LogP contribution >= 0.6 is 23.7 Å². The summed E-state index contributed by atoms with van der Waals surface area (Å²) in [6.45, 7) is 2.16. The van der Waals surface area contributed by atoms with Crippen molar-refractivity contribution in [1.29, 1.82) is 0 Å². The second-order valence-electron chi connectivity index (χ2n) is 7.46. The van der Waals surface area contributed by atoms with Crippen LogP contribution in [0.2, 0.25) is 0 Å². The predicted molar refractivity (Wildman–Crippen MR) is 117 cm³/mol. The molecule has 5 nitrogen and oxygen atoms in total. The first kappa shape index (κ1) is 19.4.